The van der Waals surface area contributed by atoms with Crippen molar-refractivity contribution >= 4 is 23.4 Å². The second kappa shape index (κ2) is 10.8. The highest BCUT2D eigenvalue weighted by atomic mass is 35.5. The van der Waals surface area contributed by atoms with Gasteiger partial charge >= 0.3 is 0 Å². The van der Waals surface area contributed by atoms with E-state index < -0.39 is 28.9 Å². The predicted octanol–water partition coefficient (Wildman–Crippen LogP) is 3.58. The van der Waals surface area contributed by atoms with E-state index in [2.05, 4.69) is 16.0 Å². The number of hydrogen-bond acceptors (Lipinski definition) is 5. The average Bonchev–Trinajstić information content (AvgIpc) is 2.91. The lowest BCUT2D eigenvalue weighted by Gasteiger charge is -2.56. The van der Waals surface area contributed by atoms with Crippen LogP contribution in [-0.4, -0.2) is 53.3 Å². The van der Waals surface area contributed by atoms with Gasteiger partial charge in [0.2, 0.25) is 5.91 Å². The summed E-state index contributed by atoms with van der Waals surface area (Å²) in [6.07, 6.45) is 3.38. The van der Waals surface area contributed by atoms with E-state index in [0.29, 0.717) is 45.1 Å². The number of nitrogens with one attached hydrogen (secondary N) is 3. The summed E-state index contributed by atoms with van der Waals surface area (Å²) in [5.74, 6) is -0.947. The Morgan fingerprint density at radius 1 is 1.05 bits per heavy atom. The zero-order valence-electron chi connectivity index (χ0n) is 20.9. The molecule has 3 atom stereocenters. The SMILES string of the molecule is O=C(COc1ccc(Cl)c(F)c1)NC12CCC(NC(=O)C3CCC(c4ccc(F)cc4)CN3)(CC1)CC2O. The van der Waals surface area contributed by atoms with Crippen LogP contribution >= 0.6 is 11.6 Å². The fourth-order valence-electron chi connectivity index (χ4n) is 6.14. The van der Waals surface area contributed by atoms with Gasteiger partial charge < -0.3 is 25.8 Å². The lowest BCUT2D eigenvalue weighted by molar-refractivity contribution is -0.137. The van der Waals surface area contributed by atoms with E-state index >= 15 is 0 Å². The fraction of sp³-hybridized carbons (Fsp3) is 0.500. The molecule has 3 aliphatic carbocycles. The summed E-state index contributed by atoms with van der Waals surface area (Å²) in [5, 5.41) is 20.5. The van der Waals surface area contributed by atoms with Crippen LogP contribution in [0, 0.1) is 11.6 Å². The molecule has 1 saturated heterocycles. The lowest BCUT2D eigenvalue weighted by atomic mass is 9.59. The maximum Gasteiger partial charge on any atom is 0.258 e. The highest BCUT2D eigenvalue weighted by molar-refractivity contribution is 6.30. The zero-order valence-corrected chi connectivity index (χ0v) is 21.7. The quantitative estimate of drug-likeness (QED) is 0.425. The van der Waals surface area contributed by atoms with E-state index in [1.807, 2.05) is 0 Å². The maximum absolute atomic E-state index is 13.6. The Morgan fingerprint density at radius 2 is 1.79 bits per heavy atom. The number of carbonyl (C=O) groups is 2. The molecule has 2 amide bonds. The number of hydrogen-bond donors (Lipinski definition) is 4. The van der Waals surface area contributed by atoms with Crippen LogP contribution < -0.4 is 20.7 Å². The number of aliphatic hydroxyl groups is 1. The van der Waals surface area contributed by atoms with Crippen LogP contribution in [-0.2, 0) is 9.59 Å². The third-order valence-corrected chi connectivity index (χ3v) is 8.74. The lowest BCUT2D eigenvalue weighted by Crippen LogP contribution is -2.71. The van der Waals surface area contributed by atoms with Crippen molar-refractivity contribution in [3.05, 3.63) is 64.7 Å². The topological polar surface area (TPSA) is 99.7 Å². The van der Waals surface area contributed by atoms with Crippen molar-refractivity contribution in [3.63, 3.8) is 0 Å². The molecule has 10 heteroatoms. The molecule has 0 spiro atoms. The van der Waals surface area contributed by atoms with E-state index in [4.69, 9.17) is 16.3 Å². The minimum absolute atomic E-state index is 0.0303. The van der Waals surface area contributed by atoms with E-state index in [9.17, 15) is 23.5 Å². The van der Waals surface area contributed by atoms with Gasteiger partial charge in [0.1, 0.15) is 17.4 Å². The van der Waals surface area contributed by atoms with Gasteiger partial charge in [-0.3, -0.25) is 9.59 Å². The number of halogens is 3. The average molecular weight is 548 g/mol. The molecule has 1 aliphatic heterocycles. The monoisotopic (exact) mass is 547 g/mol. The molecule has 0 aromatic heterocycles. The first-order valence-corrected chi connectivity index (χ1v) is 13.4. The summed E-state index contributed by atoms with van der Waals surface area (Å²) < 4.78 is 32.2. The predicted molar refractivity (Wildman–Crippen MR) is 138 cm³/mol. The van der Waals surface area contributed by atoms with Gasteiger partial charge in [-0.25, -0.2) is 8.78 Å². The Hall–Kier alpha value is -2.75. The molecule has 2 aromatic carbocycles. The fourth-order valence-corrected chi connectivity index (χ4v) is 6.26. The number of fused-ring (bicyclic) bond motifs is 3. The van der Waals surface area contributed by atoms with Gasteiger partial charge in [0.25, 0.3) is 5.91 Å². The number of piperidine rings is 1. The molecule has 2 aromatic rings. The number of rotatable bonds is 7. The Morgan fingerprint density at radius 3 is 2.42 bits per heavy atom. The number of ether oxygens (including phenoxy) is 1. The molecule has 4 fully saturated rings. The van der Waals surface area contributed by atoms with Crippen molar-refractivity contribution in [2.45, 2.75) is 74.1 Å². The normalized spacial score (nSPS) is 30.5. The van der Waals surface area contributed by atoms with Crippen molar-refractivity contribution in [1.29, 1.82) is 0 Å². The Bertz CT molecular complexity index is 1180. The van der Waals surface area contributed by atoms with E-state index in [0.717, 1.165) is 18.1 Å². The summed E-state index contributed by atoms with van der Waals surface area (Å²) >= 11 is 5.67. The smallest absolute Gasteiger partial charge is 0.258 e. The van der Waals surface area contributed by atoms with Crippen LogP contribution in [0.5, 0.6) is 5.75 Å². The molecule has 7 nitrogen and oxygen atoms in total. The number of amides is 2. The molecule has 6 rings (SSSR count). The van der Waals surface area contributed by atoms with E-state index in [-0.39, 0.29) is 41.1 Å². The van der Waals surface area contributed by atoms with Crippen molar-refractivity contribution in [2.24, 2.45) is 0 Å². The largest absolute Gasteiger partial charge is 0.484 e. The highest BCUT2D eigenvalue weighted by Gasteiger charge is 2.55. The van der Waals surface area contributed by atoms with Crippen molar-refractivity contribution in [1.82, 2.24) is 16.0 Å². The standard InChI is InChI=1S/C28H32ClF2N3O4/c29-21-7-6-20(13-22(21)31)38-16-25(36)33-28-11-9-27(10-12-28,14-24(28)35)34-26(37)23-8-3-18(15-32-23)17-1-4-19(30)5-2-17/h1-2,4-7,13,18,23-24,32,35H,3,8-12,14-16H2,(H,33,36)(H,34,37). The molecular formula is C28H32ClF2N3O4. The summed E-state index contributed by atoms with van der Waals surface area (Å²) in [5.41, 5.74) is -0.220. The Kier molecular flexibility index (Phi) is 7.62. The van der Waals surface area contributed by atoms with Gasteiger partial charge in [0.15, 0.2) is 6.61 Å². The Balaban J connectivity index is 1.11. The molecule has 1 heterocycles. The molecular weight excluding hydrogens is 516 g/mol. The van der Waals surface area contributed by atoms with Gasteiger partial charge in [0.05, 0.1) is 22.7 Å². The van der Waals surface area contributed by atoms with Crippen LogP contribution in [0.4, 0.5) is 8.78 Å². The number of benzene rings is 2. The van der Waals surface area contributed by atoms with Gasteiger partial charge in [0, 0.05) is 18.2 Å². The van der Waals surface area contributed by atoms with Crippen LogP contribution in [0.2, 0.25) is 5.02 Å². The van der Waals surface area contributed by atoms with Crippen molar-refractivity contribution in [3.8, 4) is 5.75 Å². The number of aliphatic hydroxyl groups excluding tert-OH is 1. The molecule has 3 unspecified atom stereocenters. The Labute approximate surface area is 225 Å². The van der Waals surface area contributed by atoms with Gasteiger partial charge in [-0.1, -0.05) is 23.7 Å². The summed E-state index contributed by atoms with van der Waals surface area (Å²) in [6, 6.07) is 10.1. The van der Waals surface area contributed by atoms with Crippen LogP contribution in [0.15, 0.2) is 42.5 Å². The minimum Gasteiger partial charge on any atom is -0.484 e. The second-order valence-electron chi connectivity index (χ2n) is 10.8. The zero-order chi connectivity index (χ0) is 26.9. The van der Waals surface area contributed by atoms with E-state index in [1.54, 1.807) is 12.1 Å². The van der Waals surface area contributed by atoms with Gasteiger partial charge in [-0.2, -0.15) is 0 Å². The first kappa shape index (κ1) is 26.8. The van der Waals surface area contributed by atoms with Crippen LogP contribution in [0.3, 0.4) is 0 Å². The summed E-state index contributed by atoms with van der Waals surface area (Å²) in [6.45, 7) is 0.322. The molecule has 0 radical (unpaired) electrons. The molecule has 4 aliphatic rings. The first-order chi connectivity index (χ1) is 18.2. The minimum atomic E-state index is -0.815. The van der Waals surface area contributed by atoms with Gasteiger partial charge in [-0.05, 0) is 80.7 Å². The summed E-state index contributed by atoms with van der Waals surface area (Å²) in [7, 11) is 0. The molecule has 2 bridgehead atoms. The third-order valence-electron chi connectivity index (χ3n) is 8.43. The first-order valence-electron chi connectivity index (χ1n) is 13.0. The molecule has 4 N–H and O–H groups in total. The number of carbonyl (C=O) groups excluding carboxylic acids is 2. The molecule has 3 saturated carbocycles. The van der Waals surface area contributed by atoms with Gasteiger partial charge in [-0.15, -0.1) is 0 Å². The third kappa shape index (κ3) is 5.65. The molecule has 38 heavy (non-hydrogen) atoms. The molecule has 204 valence electrons. The highest BCUT2D eigenvalue weighted by Crippen LogP contribution is 2.47. The van der Waals surface area contributed by atoms with Crippen LogP contribution in [0.25, 0.3) is 0 Å². The summed E-state index contributed by atoms with van der Waals surface area (Å²) in [4.78, 5) is 25.7. The van der Waals surface area contributed by atoms with Crippen molar-refractivity contribution in [2.75, 3.05) is 13.2 Å². The maximum atomic E-state index is 13.6. The van der Waals surface area contributed by atoms with Crippen molar-refractivity contribution < 1.29 is 28.2 Å². The van der Waals surface area contributed by atoms with Crippen LogP contribution in [0.1, 0.15) is 56.4 Å². The van der Waals surface area contributed by atoms with E-state index in [1.165, 1.54) is 24.3 Å². The second-order valence-corrected chi connectivity index (χ2v) is 11.3.